The Kier molecular flexibility index (Phi) is 6.01. The smallest absolute Gasteiger partial charge is 0.240 e. The minimum absolute atomic E-state index is 0.0149. The number of benzene rings is 2. The normalized spacial score (nSPS) is 15.1. The van der Waals surface area contributed by atoms with Crippen LogP contribution in [0.2, 0.25) is 0 Å². The summed E-state index contributed by atoms with van der Waals surface area (Å²) in [7, 11) is -3.99. The molecule has 0 unspecified atom stereocenters. The first-order valence-electron chi connectivity index (χ1n) is 10.6. The molecule has 2 aromatic heterocycles. The molecule has 1 fully saturated rings. The highest BCUT2D eigenvalue weighted by Gasteiger charge is 2.33. The van der Waals surface area contributed by atoms with E-state index in [0.29, 0.717) is 13.1 Å². The predicted octanol–water partition coefficient (Wildman–Crippen LogP) is 4.70. The Labute approximate surface area is 195 Å². The first-order chi connectivity index (χ1) is 16.0. The molecule has 0 aliphatic carbocycles. The lowest BCUT2D eigenvalue weighted by Crippen LogP contribution is -2.46. The van der Waals surface area contributed by atoms with Gasteiger partial charge in [-0.1, -0.05) is 36.4 Å². The second-order valence-corrected chi connectivity index (χ2v) is 10.6. The van der Waals surface area contributed by atoms with Crippen molar-refractivity contribution in [3.63, 3.8) is 0 Å². The number of hydrogen-bond donors (Lipinski definition) is 0. The van der Waals surface area contributed by atoms with Crippen LogP contribution in [0.4, 0.5) is 10.3 Å². The van der Waals surface area contributed by atoms with Crippen molar-refractivity contribution >= 4 is 27.1 Å². The van der Waals surface area contributed by atoms with E-state index in [4.69, 9.17) is 4.42 Å². The fraction of sp³-hybridized carbons (Fsp3) is 0.208. The molecule has 0 N–H and O–H groups in total. The van der Waals surface area contributed by atoms with E-state index >= 15 is 0 Å². The van der Waals surface area contributed by atoms with Gasteiger partial charge in [-0.25, -0.2) is 12.8 Å². The van der Waals surface area contributed by atoms with Crippen LogP contribution in [0.1, 0.15) is 5.56 Å². The van der Waals surface area contributed by atoms with Crippen LogP contribution in [0, 0.1) is 5.82 Å². The van der Waals surface area contributed by atoms with Crippen molar-refractivity contribution < 1.29 is 17.2 Å². The molecule has 1 saturated heterocycles. The molecule has 6 nitrogen and oxygen atoms in total. The summed E-state index contributed by atoms with van der Waals surface area (Å²) in [5.41, 5.74) is 1.24. The summed E-state index contributed by atoms with van der Waals surface area (Å²) in [4.78, 5) is 9.39. The van der Waals surface area contributed by atoms with Crippen molar-refractivity contribution in [1.29, 1.82) is 0 Å². The van der Waals surface area contributed by atoms with Gasteiger partial charge >= 0.3 is 0 Å². The largest absolute Gasteiger partial charge is 0.418 e. The molecule has 0 spiro atoms. The van der Waals surface area contributed by atoms with Crippen LogP contribution in [0.5, 0.6) is 0 Å². The van der Waals surface area contributed by atoms with Crippen LogP contribution in [0.25, 0.3) is 10.8 Å². The molecule has 0 atom stereocenters. The van der Waals surface area contributed by atoms with E-state index in [1.54, 1.807) is 0 Å². The lowest BCUT2D eigenvalue weighted by Gasteiger charge is -2.34. The van der Waals surface area contributed by atoms with Gasteiger partial charge in [0, 0.05) is 32.7 Å². The molecule has 1 aliphatic heterocycles. The van der Waals surface area contributed by atoms with Gasteiger partial charge in [0.25, 0.3) is 0 Å². The Morgan fingerprint density at radius 2 is 1.67 bits per heavy atom. The highest BCUT2D eigenvalue weighted by atomic mass is 32.2. The number of sulfone groups is 1. The topological polar surface area (TPSA) is 66.7 Å². The molecule has 9 heteroatoms. The SMILES string of the molecule is O=S(=O)(c1ccc(F)cc1)c1nc(-c2cccs2)oc1N1CCN(Cc2ccccc2)CC1. The molecule has 0 radical (unpaired) electrons. The number of nitrogens with zero attached hydrogens (tertiary/aromatic N) is 3. The second kappa shape index (κ2) is 9.09. The molecule has 0 amide bonds. The number of oxazole rings is 1. The van der Waals surface area contributed by atoms with Crippen LogP contribution in [0.15, 0.2) is 86.4 Å². The van der Waals surface area contributed by atoms with Crippen LogP contribution in [-0.2, 0) is 16.4 Å². The first kappa shape index (κ1) is 21.8. The number of piperazine rings is 1. The van der Waals surface area contributed by atoms with Crippen molar-refractivity contribution in [3.8, 4) is 10.8 Å². The monoisotopic (exact) mass is 483 g/mol. The van der Waals surface area contributed by atoms with Crippen LogP contribution in [-0.4, -0.2) is 44.5 Å². The maximum atomic E-state index is 13.4. The van der Waals surface area contributed by atoms with Crippen LogP contribution < -0.4 is 4.90 Å². The molecular formula is C24H22FN3O3S2. The van der Waals surface area contributed by atoms with Crippen LogP contribution in [0.3, 0.4) is 0 Å². The van der Waals surface area contributed by atoms with Gasteiger partial charge in [-0.2, -0.15) is 4.98 Å². The van der Waals surface area contributed by atoms with Crippen molar-refractivity contribution in [2.75, 3.05) is 31.1 Å². The molecule has 0 bridgehead atoms. The zero-order chi connectivity index (χ0) is 22.8. The number of aromatic nitrogens is 1. The number of hydrogen-bond acceptors (Lipinski definition) is 7. The van der Waals surface area contributed by atoms with Gasteiger partial charge in [0.1, 0.15) is 5.82 Å². The van der Waals surface area contributed by atoms with Gasteiger partial charge in [0.2, 0.25) is 26.6 Å². The van der Waals surface area contributed by atoms with Gasteiger partial charge in [-0.3, -0.25) is 4.90 Å². The summed E-state index contributed by atoms with van der Waals surface area (Å²) in [6.07, 6.45) is 0. The van der Waals surface area contributed by atoms with Crippen LogP contribution >= 0.6 is 11.3 Å². The Morgan fingerprint density at radius 1 is 0.939 bits per heavy atom. The number of anilines is 1. The molecule has 1 aliphatic rings. The summed E-state index contributed by atoms with van der Waals surface area (Å²) >= 11 is 1.43. The fourth-order valence-corrected chi connectivity index (χ4v) is 5.83. The predicted molar refractivity (Wildman–Crippen MR) is 126 cm³/mol. The summed E-state index contributed by atoms with van der Waals surface area (Å²) in [6.45, 7) is 3.59. The van der Waals surface area contributed by atoms with Crippen molar-refractivity contribution in [3.05, 3.63) is 83.5 Å². The Balaban J connectivity index is 1.44. The second-order valence-electron chi connectivity index (χ2n) is 7.81. The van der Waals surface area contributed by atoms with E-state index in [1.807, 2.05) is 40.6 Å². The van der Waals surface area contributed by atoms with Crippen molar-refractivity contribution in [2.45, 2.75) is 16.5 Å². The molecule has 33 heavy (non-hydrogen) atoms. The summed E-state index contributed by atoms with van der Waals surface area (Å²) in [5, 5.41) is 1.75. The lowest BCUT2D eigenvalue weighted by molar-refractivity contribution is 0.245. The summed E-state index contributed by atoms with van der Waals surface area (Å²) < 4.78 is 46.3. The molecular weight excluding hydrogens is 461 g/mol. The minimum atomic E-state index is -3.99. The summed E-state index contributed by atoms with van der Waals surface area (Å²) in [6, 6.07) is 18.7. The molecule has 4 aromatic rings. The van der Waals surface area contributed by atoms with Gasteiger partial charge in [-0.05, 0) is 41.3 Å². The highest BCUT2D eigenvalue weighted by molar-refractivity contribution is 7.91. The number of halogens is 1. The van der Waals surface area contributed by atoms with Crippen molar-refractivity contribution in [2.24, 2.45) is 0 Å². The minimum Gasteiger partial charge on any atom is -0.418 e. The third kappa shape index (κ3) is 4.57. The number of rotatable bonds is 6. The quantitative estimate of drug-likeness (QED) is 0.371. The molecule has 2 aromatic carbocycles. The third-order valence-corrected chi connectivity index (χ3v) is 8.12. The Hall–Kier alpha value is -3.01. The maximum Gasteiger partial charge on any atom is 0.240 e. The third-order valence-electron chi connectivity index (χ3n) is 5.60. The summed E-state index contributed by atoms with van der Waals surface area (Å²) in [5.74, 6) is 0.0117. The van der Waals surface area contributed by atoms with E-state index in [2.05, 4.69) is 22.0 Å². The molecule has 170 valence electrons. The zero-order valence-electron chi connectivity index (χ0n) is 17.7. The first-order valence-corrected chi connectivity index (χ1v) is 12.9. The van der Waals surface area contributed by atoms with Gasteiger partial charge in [-0.15, -0.1) is 11.3 Å². The maximum absolute atomic E-state index is 13.4. The molecule has 0 saturated carbocycles. The lowest BCUT2D eigenvalue weighted by atomic mass is 10.2. The molecule has 3 heterocycles. The number of thiophene rings is 1. The van der Waals surface area contributed by atoms with E-state index in [9.17, 15) is 12.8 Å². The van der Waals surface area contributed by atoms with E-state index in [1.165, 1.54) is 29.0 Å². The standard InChI is InChI=1S/C24H22FN3O3S2/c25-19-8-10-20(11-9-19)33(29,30)23-24(31-22(26-23)21-7-4-16-32-21)28-14-12-27(13-15-28)17-18-5-2-1-3-6-18/h1-11,16H,12-15,17H2. The molecule has 5 rings (SSSR count). The van der Waals surface area contributed by atoms with Crippen molar-refractivity contribution in [1.82, 2.24) is 9.88 Å². The van der Waals surface area contributed by atoms with Gasteiger partial charge in [0.05, 0.1) is 9.77 Å². The highest BCUT2D eigenvalue weighted by Crippen LogP contribution is 2.36. The zero-order valence-corrected chi connectivity index (χ0v) is 19.4. The van der Waals surface area contributed by atoms with Gasteiger partial charge in [0.15, 0.2) is 0 Å². The average Bonchev–Trinajstić information content (AvgIpc) is 3.51. The average molecular weight is 484 g/mol. The van der Waals surface area contributed by atoms with Gasteiger partial charge < -0.3 is 9.32 Å². The Morgan fingerprint density at radius 3 is 2.33 bits per heavy atom. The van der Waals surface area contributed by atoms with E-state index in [0.717, 1.165) is 36.6 Å². The fourth-order valence-electron chi connectivity index (χ4n) is 3.85. The van der Waals surface area contributed by atoms with E-state index < -0.39 is 15.7 Å². The Bertz CT molecular complexity index is 1310. The van der Waals surface area contributed by atoms with E-state index in [-0.39, 0.29) is 21.7 Å².